The topological polar surface area (TPSA) is 84.5 Å². The van der Waals surface area contributed by atoms with E-state index in [1.54, 1.807) is 0 Å². The van der Waals surface area contributed by atoms with Crippen molar-refractivity contribution in [3.05, 3.63) is 21.4 Å². The number of ether oxygens (including phenoxy) is 1. The van der Waals surface area contributed by atoms with Crippen LogP contribution in [0.4, 0.5) is 4.79 Å². The van der Waals surface area contributed by atoms with E-state index < -0.39 is 24.5 Å². The molecule has 1 atom stereocenters. The first-order valence-corrected chi connectivity index (χ1v) is 8.20. The molecule has 0 fully saturated rings. The first-order chi connectivity index (χ1) is 10.5. The number of carbonyl (C=O) groups excluding carboxylic acids is 3. The fourth-order valence-electron chi connectivity index (χ4n) is 2.16. The average Bonchev–Trinajstić information content (AvgIpc) is 3.05. The molecule has 0 bridgehead atoms. The quantitative estimate of drug-likeness (QED) is 0.812. The molecule has 2 N–H and O–H groups in total. The van der Waals surface area contributed by atoms with Crippen LogP contribution in [0.1, 0.15) is 46.8 Å². The summed E-state index contributed by atoms with van der Waals surface area (Å²) >= 11 is 1.42. The smallest absolute Gasteiger partial charge is 0.348 e. The lowest BCUT2D eigenvalue weighted by Gasteiger charge is -2.11. The van der Waals surface area contributed by atoms with Crippen LogP contribution >= 0.6 is 11.3 Å². The maximum Gasteiger partial charge on any atom is 0.348 e. The Balaban J connectivity index is 1.75. The Labute approximate surface area is 133 Å². The van der Waals surface area contributed by atoms with Crippen LogP contribution in [-0.2, 0) is 22.4 Å². The number of hydrogen-bond acceptors (Lipinski definition) is 5. The van der Waals surface area contributed by atoms with Gasteiger partial charge in [-0.1, -0.05) is 6.92 Å². The van der Waals surface area contributed by atoms with Gasteiger partial charge in [-0.25, -0.2) is 9.59 Å². The summed E-state index contributed by atoms with van der Waals surface area (Å²) in [6.07, 6.45) is 3.89. The highest BCUT2D eigenvalue weighted by Gasteiger charge is 2.20. The van der Waals surface area contributed by atoms with Crippen LogP contribution < -0.4 is 10.6 Å². The van der Waals surface area contributed by atoms with Crippen molar-refractivity contribution in [3.63, 3.8) is 0 Å². The molecule has 0 saturated carbocycles. The monoisotopic (exact) mass is 324 g/mol. The minimum absolute atomic E-state index is 0.0242. The van der Waals surface area contributed by atoms with Gasteiger partial charge < -0.3 is 10.1 Å². The third-order valence-electron chi connectivity index (χ3n) is 3.52. The lowest BCUT2D eigenvalue weighted by Crippen LogP contribution is -2.44. The summed E-state index contributed by atoms with van der Waals surface area (Å²) in [5.74, 6) is -1.16. The number of nitrogens with one attached hydrogen (secondary N) is 2. The molecule has 1 aromatic rings. The molecule has 1 aliphatic carbocycles. The molecule has 0 unspecified atom stereocenters. The second-order valence-electron chi connectivity index (χ2n) is 5.32. The predicted molar refractivity (Wildman–Crippen MR) is 83.1 cm³/mol. The highest BCUT2D eigenvalue weighted by Crippen LogP contribution is 2.30. The standard InChI is InChI=1S/C15H20N2O4S/c1-3-9(2)16-15(20)17-13(18)8-21-14(19)12-7-10-5-4-6-11(10)22-12/h7,9H,3-6,8H2,1-2H3,(H2,16,17,18,20)/t9-/m0/s1. The van der Waals surface area contributed by atoms with Crippen LogP contribution in [0.25, 0.3) is 0 Å². The van der Waals surface area contributed by atoms with E-state index in [0.29, 0.717) is 4.88 Å². The first kappa shape index (κ1) is 16.5. The van der Waals surface area contributed by atoms with Crippen LogP contribution in [0.3, 0.4) is 0 Å². The lowest BCUT2D eigenvalue weighted by molar-refractivity contribution is -0.123. The lowest BCUT2D eigenvalue weighted by atomic mass is 10.2. The Kier molecular flexibility index (Phi) is 5.54. The zero-order valence-electron chi connectivity index (χ0n) is 12.7. The number of thiophene rings is 1. The van der Waals surface area contributed by atoms with E-state index in [1.165, 1.54) is 21.8 Å². The largest absolute Gasteiger partial charge is 0.451 e. The molecule has 1 heterocycles. The molecule has 0 aromatic carbocycles. The summed E-state index contributed by atoms with van der Waals surface area (Å²) in [6.45, 7) is 3.29. The van der Waals surface area contributed by atoms with Gasteiger partial charge in [-0.2, -0.15) is 0 Å². The molecule has 1 aliphatic rings. The van der Waals surface area contributed by atoms with Gasteiger partial charge in [0.25, 0.3) is 5.91 Å². The summed E-state index contributed by atoms with van der Waals surface area (Å²) in [5, 5.41) is 4.72. The van der Waals surface area contributed by atoms with Crippen molar-refractivity contribution in [3.8, 4) is 0 Å². The molecule has 2 rings (SSSR count). The third-order valence-corrected chi connectivity index (χ3v) is 4.74. The van der Waals surface area contributed by atoms with Crippen LogP contribution in [-0.4, -0.2) is 30.6 Å². The molecular formula is C15H20N2O4S. The van der Waals surface area contributed by atoms with E-state index >= 15 is 0 Å². The number of carbonyl (C=O) groups is 3. The van der Waals surface area contributed by atoms with Crippen LogP contribution in [0.5, 0.6) is 0 Å². The highest BCUT2D eigenvalue weighted by molar-refractivity contribution is 7.14. The van der Waals surface area contributed by atoms with Crippen LogP contribution in [0.2, 0.25) is 0 Å². The molecule has 6 nitrogen and oxygen atoms in total. The zero-order chi connectivity index (χ0) is 16.1. The SMILES string of the molecule is CC[C@H](C)NC(=O)NC(=O)COC(=O)c1cc2c(s1)CCC2. The van der Waals surface area contributed by atoms with Crippen molar-refractivity contribution < 1.29 is 19.1 Å². The zero-order valence-corrected chi connectivity index (χ0v) is 13.5. The first-order valence-electron chi connectivity index (χ1n) is 7.38. The van der Waals surface area contributed by atoms with E-state index in [9.17, 15) is 14.4 Å². The molecular weight excluding hydrogens is 304 g/mol. The van der Waals surface area contributed by atoms with Gasteiger partial charge in [0.2, 0.25) is 0 Å². The fraction of sp³-hybridized carbons (Fsp3) is 0.533. The number of imide groups is 1. The number of fused-ring (bicyclic) bond motifs is 1. The summed E-state index contributed by atoms with van der Waals surface area (Å²) in [7, 11) is 0. The van der Waals surface area contributed by atoms with Gasteiger partial charge in [0.05, 0.1) is 0 Å². The molecule has 0 radical (unpaired) electrons. The highest BCUT2D eigenvalue weighted by atomic mass is 32.1. The number of urea groups is 1. The molecule has 3 amide bonds. The van der Waals surface area contributed by atoms with Crippen molar-refractivity contribution in [2.45, 2.75) is 45.6 Å². The van der Waals surface area contributed by atoms with Gasteiger partial charge in [-0.15, -0.1) is 11.3 Å². The van der Waals surface area contributed by atoms with Crippen LogP contribution in [0, 0.1) is 0 Å². The van der Waals surface area contributed by atoms with E-state index in [0.717, 1.165) is 25.7 Å². The number of amides is 3. The molecule has 7 heteroatoms. The van der Waals surface area contributed by atoms with E-state index in [2.05, 4.69) is 10.6 Å². The van der Waals surface area contributed by atoms with Gasteiger partial charge in [0.15, 0.2) is 6.61 Å². The van der Waals surface area contributed by atoms with E-state index in [1.807, 2.05) is 19.9 Å². The van der Waals surface area contributed by atoms with Gasteiger partial charge in [0, 0.05) is 10.9 Å². The van der Waals surface area contributed by atoms with Crippen LogP contribution in [0.15, 0.2) is 6.07 Å². The second-order valence-corrected chi connectivity index (χ2v) is 6.46. The normalized spacial score (nSPS) is 14.1. The summed E-state index contributed by atoms with van der Waals surface area (Å²) in [6, 6.07) is 1.23. The maximum absolute atomic E-state index is 11.9. The summed E-state index contributed by atoms with van der Waals surface area (Å²) in [5.41, 5.74) is 1.20. The number of aryl methyl sites for hydroxylation is 2. The Bertz CT molecular complexity index is 561. The molecule has 0 aliphatic heterocycles. The molecule has 120 valence electrons. The van der Waals surface area contributed by atoms with Gasteiger partial charge in [-0.05, 0) is 44.2 Å². The van der Waals surface area contributed by atoms with E-state index in [4.69, 9.17) is 4.74 Å². The van der Waals surface area contributed by atoms with Gasteiger partial charge in [0.1, 0.15) is 4.88 Å². The van der Waals surface area contributed by atoms with E-state index in [-0.39, 0.29) is 6.04 Å². The Morgan fingerprint density at radius 1 is 1.36 bits per heavy atom. The van der Waals surface area contributed by atoms with Crippen molar-refractivity contribution in [1.29, 1.82) is 0 Å². The Morgan fingerprint density at radius 3 is 2.82 bits per heavy atom. The summed E-state index contributed by atoms with van der Waals surface area (Å²) in [4.78, 5) is 36.6. The fourth-order valence-corrected chi connectivity index (χ4v) is 3.30. The second kappa shape index (κ2) is 7.40. The van der Waals surface area contributed by atoms with Crippen molar-refractivity contribution in [2.75, 3.05) is 6.61 Å². The minimum atomic E-state index is -0.641. The van der Waals surface area contributed by atoms with Crippen molar-refractivity contribution >= 4 is 29.2 Å². The summed E-state index contributed by atoms with van der Waals surface area (Å²) < 4.78 is 4.94. The van der Waals surface area contributed by atoms with Crippen molar-refractivity contribution in [1.82, 2.24) is 10.6 Å². The number of hydrogen-bond donors (Lipinski definition) is 2. The Hall–Kier alpha value is -1.89. The molecule has 22 heavy (non-hydrogen) atoms. The third kappa shape index (κ3) is 4.30. The molecule has 1 aromatic heterocycles. The predicted octanol–water partition coefficient (Wildman–Crippen LogP) is 2.02. The average molecular weight is 324 g/mol. The minimum Gasteiger partial charge on any atom is -0.451 e. The molecule has 0 spiro atoms. The number of esters is 1. The Morgan fingerprint density at radius 2 is 2.14 bits per heavy atom. The molecule has 0 saturated heterocycles. The maximum atomic E-state index is 11.9. The van der Waals surface area contributed by atoms with Crippen molar-refractivity contribution in [2.24, 2.45) is 0 Å². The van der Waals surface area contributed by atoms with Gasteiger partial charge in [-0.3, -0.25) is 10.1 Å². The van der Waals surface area contributed by atoms with Gasteiger partial charge >= 0.3 is 12.0 Å². The number of rotatable bonds is 5.